The maximum absolute atomic E-state index is 12.1. The molecule has 3 aromatic rings. The number of hydrogen-bond acceptors (Lipinski definition) is 7. The van der Waals surface area contributed by atoms with E-state index in [9.17, 15) is 13.2 Å². The van der Waals surface area contributed by atoms with E-state index in [-0.39, 0.29) is 33.9 Å². The molecule has 3 rings (SSSR count). The molecule has 8 nitrogen and oxygen atoms in total. The lowest BCUT2D eigenvalue weighted by atomic mass is 10.2. The molecule has 0 atom stereocenters. The first kappa shape index (κ1) is 19.5. The molecule has 0 amide bonds. The molecule has 0 bridgehead atoms. The number of hydrogen-bond donors (Lipinski definition) is 1. The lowest BCUT2D eigenvalue weighted by Crippen LogP contribution is -2.14. The predicted octanol–water partition coefficient (Wildman–Crippen LogP) is 3.16. The van der Waals surface area contributed by atoms with E-state index < -0.39 is 16.0 Å². The Kier molecular flexibility index (Phi) is 5.61. The zero-order valence-electron chi connectivity index (χ0n) is 13.4. The number of rotatable bonds is 5. The summed E-state index contributed by atoms with van der Waals surface area (Å²) in [5.41, 5.74) is 0.659. The van der Waals surface area contributed by atoms with Crippen molar-refractivity contribution in [3.05, 3.63) is 63.4 Å². The van der Waals surface area contributed by atoms with Gasteiger partial charge in [0.15, 0.2) is 6.61 Å². The topological polar surface area (TPSA) is 125 Å². The van der Waals surface area contributed by atoms with Crippen LogP contribution in [0.25, 0.3) is 11.5 Å². The van der Waals surface area contributed by atoms with Gasteiger partial charge in [0.2, 0.25) is 15.9 Å². The summed E-state index contributed by atoms with van der Waals surface area (Å²) in [4.78, 5) is 11.8. The monoisotopic (exact) mass is 471 g/mol. The Bertz CT molecular complexity index is 1120. The van der Waals surface area contributed by atoms with E-state index in [0.717, 1.165) is 10.5 Å². The van der Waals surface area contributed by atoms with Gasteiger partial charge in [-0.1, -0.05) is 23.7 Å². The maximum Gasteiger partial charge on any atom is 0.338 e. The highest BCUT2D eigenvalue weighted by atomic mass is 79.9. The number of halogens is 2. The lowest BCUT2D eigenvalue weighted by Gasteiger charge is -2.05. The third kappa shape index (κ3) is 4.53. The number of sulfonamides is 1. The zero-order chi connectivity index (χ0) is 19.6. The molecule has 0 saturated heterocycles. The minimum Gasteiger partial charge on any atom is -0.452 e. The van der Waals surface area contributed by atoms with Gasteiger partial charge in [0.25, 0.3) is 5.89 Å². The molecule has 2 N–H and O–H groups in total. The zero-order valence-corrected chi connectivity index (χ0v) is 16.6. The molecule has 0 fully saturated rings. The summed E-state index contributed by atoms with van der Waals surface area (Å²) in [7, 11) is -4.07. The summed E-state index contributed by atoms with van der Waals surface area (Å²) in [6, 6.07) is 10.9. The van der Waals surface area contributed by atoms with Crippen molar-refractivity contribution in [3.63, 3.8) is 0 Å². The van der Waals surface area contributed by atoms with E-state index in [0.29, 0.717) is 5.56 Å². The molecular formula is C16H11BrClN3O5S. The number of aromatic nitrogens is 2. The summed E-state index contributed by atoms with van der Waals surface area (Å²) in [5, 5.41) is 12.7. The van der Waals surface area contributed by atoms with Gasteiger partial charge in [-0.15, -0.1) is 10.2 Å². The summed E-state index contributed by atoms with van der Waals surface area (Å²) < 4.78 is 34.3. The second-order valence-electron chi connectivity index (χ2n) is 5.25. The molecule has 2 aromatic carbocycles. The van der Waals surface area contributed by atoms with Gasteiger partial charge >= 0.3 is 5.97 Å². The quantitative estimate of drug-likeness (QED) is 0.565. The van der Waals surface area contributed by atoms with Crippen LogP contribution in [0.4, 0.5) is 0 Å². The van der Waals surface area contributed by atoms with E-state index in [1.165, 1.54) is 12.1 Å². The van der Waals surface area contributed by atoms with Gasteiger partial charge in [-0.2, -0.15) is 0 Å². The average molecular weight is 473 g/mol. The van der Waals surface area contributed by atoms with E-state index in [1.807, 2.05) is 18.2 Å². The third-order valence-electron chi connectivity index (χ3n) is 3.37. The van der Waals surface area contributed by atoms with Crippen molar-refractivity contribution in [2.24, 2.45) is 5.14 Å². The van der Waals surface area contributed by atoms with Gasteiger partial charge in [-0.3, -0.25) is 0 Å². The summed E-state index contributed by atoms with van der Waals surface area (Å²) in [5.74, 6) is -0.455. The van der Waals surface area contributed by atoms with Crippen molar-refractivity contribution in [1.29, 1.82) is 0 Å². The molecule has 27 heavy (non-hydrogen) atoms. The number of primary sulfonamides is 1. The Labute approximate surface area is 167 Å². The van der Waals surface area contributed by atoms with Crippen LogP contribution < -0.4 is 5.14 Å². The van der Waals surface area contributed by atoms with E-state index in [2.05, 4.69) is 26.1 Å². The van der Waals surface area contributed by atoms with Gasteiger partial charge in [-0.05, 0) is 46.3 Å². The van der Waals surface area contributed by atoms with Crippen molar-refractivity contribution in [1.82, 2.24) is 10.2 Å². The first-order valence-corrected chi connectivity index (χ1v) is 10.0. The van der Waals surface area contributed by atoms with Gasteiger partial charge in [0.05, 0.1) is 16.1 Å². The van der Waals surface area contributed by atoms with E-state index >= 15 is 0 Å². The molecule has 0 radical (unpaired) electrons. The molecule has 0 spiro atoms. The number of benzene rings is 2. The van der Waals surface area contributed by atoms with Crippen LogP contribution in [-0.4, -0.2) is 24.6 Å². The number of nitrogens with zero attached hydrogens (tertiary/aromatic N) is 2. The number of esters is 1. The standard InChI is InChI=1S/C16H11BrClN3O5S/c17-11-4-2-1-3-10(11)15-21-20-14(26-15)8-25-16(22)9-5-6-12(18)13(7-9)27(19,23)24/h1-7H,8H2,(H2,19,23,24). The van der Waals surface area contributed by atoms with Gasteiger partial charge in [0.1, 0.15) is 4.90 Å². The summed E-state index contributed by atoms with van der Waals surface area (Å²) >= 11 is 9.16. The Balaban J connectivity index is 1.73. The number of ether oxygens (including phenoxy) is 1. The van der Waals surface area contributed by atoms with E-state index in [4.69, 9.17) is 25.9 Å². The smallest absolute Gasteiger partial charge is 0.338 e. The first-order chi connectivity index (χ1) is 12.8. The highest BCUT2D eigenvalue weighted by Crippen LogP contribution is 2.27. The van der Waals surface area contributed by atoms with Crippen LogP contribution in [0.1, 0.15) is 16.2 Å². The van der Waals surface area contributed by atoms with Gasteiger partial charge < -0.3 is 9.15 Å². The Hall–Kier alpha value is -2.27. The maximum atomic E-state index is 12.1. The second-order valence-corrected chi connectivity index (χ2v) is 8.04. The fourth-order valence-corrected chi connectivity index (χ4v) is 3.64. The average Bonchev–Trinajstić information content (AvgIpc) is 3.08. The molecule has 0 unspecified atom stereocenters. The van der Waals surface area contributed by atoms with Crippen molar-refractivity contribution >= 4 is 43.5 Å². The molecule has 140 valence electrons. The lowest BCUT2D eigenvalue weighted by molar-refractivity contribution is 0.0438. The van der Waals surface area contributed by atoms with Crippen molar-refractivity contribution < 1.29 is 22.4 Å². The highest BCUT2D eigenvalue weighted by Gasteiger charge is 2.18. The molecule has 0 aliphatic heterocycles. The molecule has 0 saturated carbocycles. The minimum atomic E-state index is -4.07. The Morgan fingerprint density at radius 2 is 1.96 bits per heavy atom. The Morgan fingerprint density at radius 3 is 2.67 bits per heavy atom. The SMILES string of the molecule is NS(=O)(=O)c1cc(C(=O)OCc2nnc(-c3ccccc3Br)o2)ccc1Cl. The normalized spacial score (nSPS) is 11.4. The summed E-state index contributed by atoms with van der Waals surface area (Å²) in [6.45, 7) is -0.288. The summed E-state index contributed by atoms with van der Waals surface area (Å²) in [6.07, 6.45) is 0. The van der Waals surface area contributed by atoms with Crippen LogP contribution in [0, 0.1) is 0 Å². The van der Waals surface area contributed by atoms with Crippen LogP contribution in [0.2, 0.25) is 5.02 Å². The highest BCUT2D eigenvalue weighted by molar-refractivity contribution is 9.10. The fraction of sp³-hybridized carbons (Fsp3) is 0.0625. The van der Waals surface area contributed by atoms with Crippen LogP contribution in [-0.2, 0) is 21.4 Å². The molecule has 11 heteroatoms. The third-order valence-corrected chi connectivity index (χ3v) is 5.46. The van der Waals surface area contributed by atoms with E-state index in [1.54, 1.807) is 6.07 Å². The molecule has 1 aromatic heterocycles. The predicted molar refractivity (Wildman–Crippen MR) is 99.4 cm³/mol. The molecule has 0 aliphatic rings. The fourth-order valence-electron chi connectivity index (χ4n) is 2.11. The number of nitrogens with two attached hydrogens (primary N) is 1. The first-order valence-electron chi connectivity index (χ1n) is 7.32. The molecular weight excluding hydrogens is 462 g/mol. The second kappa shape index (κ2) is 7.77. The molecule has 0 aliphatic carbocycles. The van der Waals surface area contributed by atoms with Crippen molar-refractivity contribution in [2.75, 3.05) is 0 Å². The van der Waals surface area contributed by atoms with Crippen LogP contribution in [0.5, 0.6) is 0 Å². The van der Waals surface area contributed by atoms with Gasteiger partial charge in [-0.25, -0.2) is 18.4 Å². The minimum absolute atomic E-state index is 0.0334. The Morgan fingerprint density at radius 1 is 1.22 bits per heavy atom. The number of carbonyl (C=O) groups is 1. The number of carbonyl (C=O) groups excluding carboxylic acids is 1. The van der Waals surface area contributed by atoms with Crippen LogP contribution in [0.15, 0.2) is 56.2 Å². The van der Waals surface area contributed by atoms with Gasteiger partial charge in [0, 0.05) is 4.47 Å². The van der Waals surface area contributed by atoms with Crippen LogP contribution in [0.3, 0.4) is 0 Å². The molecule has 1 heterocycles. The van der Waals surface area contributed by atoms with Crippen molar-refractivity contribution in [3.8, 4) is 11.5 Å². The van der Waals surface area contributed by atoms with Crippen molar-refractivity contribution in [2.45, 2.75) is 11.5 Å². The van der Waals surface area contributed by atoms with Crippen LogP contribution >= 0.6 is 27.5 Å². The largest absolute Gasteiger partial charge is 0.452 e.